The van der Waals surface area contributed by atoms with E-state index in [-0.39, 0.29) is 23.3 Å². The van der Waals surface area contributed by atoms with E-state index < -0.39 is 0 Å². The van der Waals surface area contributed by atoms with Crippen molar-refractivity contribution in [1.29, 1.82) is 0 Å². The summed E-state index contributed by atoms with van der Waals surface area (Å²) in [5, 5.41) is 3.07. The minimum Gasteiger partial charge on any atom is -0.381 e. The molecule has 1 aliphatic rings. The summed E-state index contributed by atoms with van der Waals surface area (Å²) in [6.07, 6.45) is 2.72. The lowest BCUT2D eigenvalue weighted by molar-refractivity contribution is -0.132. The average Bonchev–Trinajstić information content (AvgIpc) is 2.39. The van der Waals surface area contributed by atoms with Gasteiger partial charge in [0.1, 0.15) is 0 Å². The predicted octanol–water partition coefficient (Wildman–Crippen LogP) is 2.56. The fraction of sp³-hybridized carbons (Fsp3) is 0.941. The maximum Gasteiger partial charge on any atom is 0.223 e. The number of nitrogens with one attached hydrogen (secondary N) is 1. The highest BCUT2D eigenvalue weighted by molar-refractivity contribution is 5.79. The Kier molecular flexibility index (Phi) is 7.14. The van der Waals surface area contributed by atoms with Crippen molar-refractivity contribution in [2.75, 3.05) is 19.8 Å². The van der Waals surface area contributed by atoms with E-state index in [0.717, 1.165) is 25.9 Å². The SMILES string of the molecule is CC(C)COCCCNC(=O)C1CCC(N)C(C)C1(C)C. The first-order valence-electron chi connectivity index (χ1n) is 8.37. The molecule has 0 aliphatic heterocycles. The molecule has 3 atom stereocenters. The minimum atomic E-state index is -0.0319. The molecule has 0 spiro atoms. The van der Waals surface area contributed by atoms with Gasteiger partial charge in [0, 0.05) is 31.7 Å². The molecule has 4 heteroatoms. The molecule has 0 heterocycles. The molecule has 1 saturated carbocycles. The highest BCUT2D eigenvalue weighted by Crippen LogP contribution is 2.44. The first-order valence-corrected chi connectivity index (χ1v) is 8.37. The molecule has 21 heavy (non-hydrogen) atoms. The summed E-state index contributed by atoms with van der Waals surface area (Å²) in [6.45, 7) is 13.0. The van der Waals surface area contributed by atoms with Crippen LogP contribution in [0.1, 0.15) is 53.9 Å². The van der Waals surface area contributed by atoms with E-state index in [2.05, 4.69) is 39.9 Å². The van der Waals surface area contributed by atoms with Gasteiger partial charge in [0.2, 0.25) is 5.91 Å². The van der Waals surface area contributed by atoms with Crippen molar-refractivity contribution in [1.82, 2.24) is 5.32 Å². The van der Waals surface area contributed by atoms with Crippen molar-refractivity contribution in [3.63, 3.8) is 0 Å². The number of amides is 1. The number of hydrogen-bond acceptors (Lipinski definition) is 3. The molecule has 0 saturated heterocycles. The van der Waals surface area contributed by atoms with Crippen molar-refractivity contribution < 1.29 is 9.53 Å². The van der Waals surface area contributed by atoms with Gasteiger partial charge in [-0.1, -0.05) is 34.6 Å². The molecule has 0 aromatic heterocycles. The minimum absolute atomic E-state index is 0.0319. The number of carbonyl (C=O) groups is 1. The molecule has 3 unspecified atom stereocenters. The highest BCUT2D eigenvalue weighted by atomic mass is 16.5. The van der Waals surface area contributed by atoms with E-state index in [1.54, 1.807) is 0 Å². The summed E-state index contributed by atoms with van der Waals surface area (Å²) in [4.78, 5) is 12.4. The van der Waals surface area contributed by atoms with E-state index in [1.165, 1.54) is 0 Å². The quantitative estimate of drug-likeness (QED) is 0.710. The fourth-order valence-electron chi connectivity index (χ4n) is 3.15. The lowest BCUT2D eigenvalue weighted by Gasteiger charge is -2.46. The first kappa shape index (κ1) is 18.4. The summed E-state index contributed by atoms with van der Waals surface area (Å²) in [6, 6.07) is 0.216. The van der Waals surface area contributed by atoms with Crippen molar-refractivity contribution >= 4 is 5.91 Å². The summed E-state index contributed by atoms with van der Waals surface area (Å²) in [5.74, 6) is 1.19. The summed E-state index contributed by atoms with van der Waals surface area (Å²) in [5.41, 5.74) is 6.12. The molecule has 4 nitrogen and oxygen atoms in total. The van der Waals surface area contributed by atoms with Crippen molar-refractivity contribution in [3.05, 3.63) is 0 Å². The first-order chi connectivity index (χ1) is 9.76. The van der Waals surface area contributed by atoms with Gasteiger partial charge in [-0.05, 0) is 36.5 Å². The van der Waals surface area contributed by atoms with Crippen LogP contribution in [0.5, 0.6) is 0 Å². The van der Waals surface area contributed by atoms with Crippen LogP contribution in [0.25, 0.3) is 0 Å². The van der Waals surface area contributed by atoms with Gasteiger partial charge in [0.25, 0.3) is 0 Å². The van der Waals surface area contributed by atoms with Crippen LogP contribution in [0, 0.1) is 23.2 Å². The Morgan fingerprint density at radius 3 is 2.67 bits per heavy atom. The number of nitrogens with two attached hydrogens (primary N) is 1. The second kappa shape index (κ2) is 8.14. The Morgan fingerprint density at radius 2 is 2.05 bits per heavy atom. The van der Waals surface area contributed by atoms with E-state index in [9.17, 15) is 4.79 Å². The summed E-state index contributed by atoms with van der Waals surface area (Å²) >= 11 is 0. The zero-order valence-electron chi connectivity index (χ0n) is 14.4. The normalized spacial score (nSPS) is 28.6. The second-order valence-electron chi connectivity index (χ2n) is 7.52. The monoisotopic (exact) mass is 298 g/mol. The highest BCUT2D eigenvalue weighted by Gasteiger charge is 2.44. The second-order valence-corrected chi connectivity index (χ2v) is 7.52. The largest absolute Gasteiger partial charge is 0.381 e. The van der Waals surface area contributed by atoms with Gasteiger partial charge in [-0.25, -0.2) is 0 Å². The van der Waals surface area contributed by atoms with E-state index in [0.29, 0.717) is 25.0 Å². The van der Waals surface area contributed by atoms with Crippen LogP contribution in [0.15, 0.2) is 0 Å². The van der Waals surface area contributed by atoms with Gasteiger partial charge < -0.3 is 15.8 Å². The van der Waals surface area contributed by atoms with Gasteiger partial charge in [-0.3, -0.25) is 4.79 Å². The lowest BCUT2D eigenvalue weighted by atomic mass is 9.61. The van der Waals surface area contributed by atoms with Crippen LogP contribution in [-0.4, -0.2) is 31.7 Å². The van der Waals surface area contributed by atoms with Crippen LogP contribution in [0.2, 0.25) is 0 Å². The molecular formula is C17H34N2O2. The molecule has 1 fully saturated rings. The average molecular weight is 298 g/mol. The number of carbonyl (C=O) groups excluding carboxylic acids is 1. The zero-order valence-corrected chi connectivity index (χ0v) is 14.4. The van der Waals surface area contributed by atoms with Crippen molar-refractivity contribution in [2.45, 2.75) is 59.9 Å². The maximum absolute atomic E-state index is 12.4. The zero-order chi connectivity index (χ0) is 16.0. The Labute approximate surface area is 130 Å². The third-order valence-corrected chi connectivity index (χ3v) is 5.03. The van der Waals surface area contributed by atoms with E-state index in [4.69, 9.17) is 10.5 Å². The molecular weight excluding hydrogens is 264 g/mol. The van der Waals surface area contributed by atoms with E-state index >= 15 is 0 Å². The van der Waals surface area contributed by atoms with Gasteiger partial charge in [0.05, 0.1) is 0 Å². The van der Waals surface area contributed by atoms with Crippen LogP contribution in [0.3, 0.4) is 0 Å². The predicted molar refractivity (Wildman–Crippen MR) is 86.9 cm³/mol. The van der Waals surface area contributed by atoms with Gasteiger partial charge in [-0.15, -0.1) is 0 Å². The number of rotatable bonds is 7. The Bertz CT molecular complexity index is 329. The smallest absolute Gasteiger partial charge is 0.223 e. The fourth-order valence-corrected chi connectivity index (χ4v) is 3.15. The maximum atomic E-state index is 12.4. The topological polar surface area (TPSA) is 64.3 Å². The molecule has 1 amide bonds. The Morgan fingerprint density at radius 1 is 1.38 bits per heavy atom. The lowest BCUT2D eigenvalue weighted by Crippen LogP contribution is -2.51. The molecule has 3 N–H and O–H groups in total. The van der Waals surface area contributed by atoms with Crippen LogP contribution >= 0.6 is 0 Å². The Balaban J connectivity index is 2.31. The number of hydrogen-bond donors (Lipinski definition) is 2. The van der Waals surface area contributed by atoms with Crippen LogP contribution in [-0.2, 0) is 9.53 Å². The molecule has 124 valence electrons. The molecule has 0 bridgehead atoms. The molecule has 0 aromatic rings. The summed E-state index contributed by atoms with van der Waals surface area (Å²) < 4.78 is 5.53. The standard InChI is InChI=1S/C17H34N2O2/c1-12(2)11-21-10-6-9-19-16(20)14-7-8-15(18)13(3)17(14,4)5/h12-15H,6-11,18H2,1-5H3,(H,19,20). The molecule has 0 aromatic carbocycles. The molecule has 1 aliphatic carbocycles. The third-order valence-electron chi connectivity index (χ3n) is 5.03. The van der Waals surface area contributed by atoms with Crippen LogP contribution in [0.4, 0.5) is 0 Å². The van der Waals surface area contributed by atoms with Crippen LogP contribution < -0.4 is 11.1 Å². The van der Waals surface area contributed by atoms with Crippen molar-refractivity contribution in [2.24, 2.45) is 28.9 Å². The third kappa shape index (κ3) is 5.26. The Hall–Kier alpha value is -0.610. The van der Waals surface area contributed by atoms with Crippen molar-refractivity contribution in [3.8, 4) is 0 Å². The number of ether oxygens (including phenoxy) is 1. The van der Waals surface area contributed by atoms with E-state index in [1.807, 2.05) is 0 Å². The van der Waals surface area contributed by atoms with Gasteiger partial charge >= 0.3 is 0 Å². The van der Waals surface area contributed by atoms with Gasteiger partial charge in [-0.2, -0.15) is 0 Å². The van der Waals surface area contributed by atoms with Gasteiger partial charge in [0.15, 0.2) is 0 Å². The molecule has 1 rings (SSSR count). The summed E-state index contributed by atoms with van der Waals surface area (Å²) in [7, 11) is 0. The molecule has 0 radical (unpaired) electrons.